The van der Waals surface area contributed by atoms with Gasteiger partial charge in [0, 0.05) is 0 Å². The second kappa shape index (κ2) is 7.03. The van der Waals surface area contributed by atoms with Gasteiger partial charge in [0.05, 0.1) is 23.8 Å². The monoisotopic (exact) mass is 386 g/mol. The van der Waals surface area contributed by atoms with E-state index in [0.29, 0.717) is 21.3 Å². The van der Waals surface area contributed by atoms with Gasteiger partial charge in [0.25, 0.3) is 0 Å². The fourth-order valence-electron chi connectivity index (χ4n) is 2.51. The van der Waals surface area contributed by atoms with Gasteiger partial charge < -0.3 is 14.6 Å². The summed E-state index contributed by atoms with van der Waals surface area (Å²) in [6, 6.07) is 16.4. The number of esters is 1. The number of hydrogen-bond donors (Lipinski definition) is 1. The minimum atomic E-state index is -0.470. The van der Waals surface area contributed by atoms with Gasteiger partial charge in [0.1, 0.15) is 0 Å². The molecule has 0 aliphatic heterocycles. The molecule has 0 saturated carbocycles. The molecule has 0 aliphatic carbocycles. The number of benzene rings is 3. The van der Waals surface area contributed by atoms with E-state index < -0.39 is 5.97 Å². The van der Waals surface area contributed by atoms with E-state index in [4.69, 9.17) is 9.47 Å². The predicted molar refractivity (Wildman–Crippen MR) is 95.5 cm³/mol. The lowest BCUT2D eigenvalue weighted by Crippen LogP contribution is -2.10. The Balaban J connectivity index is 2.01. The van der Waals surface area contributed by atoms with Crippen LogP contribution in [0.3, 0.4) is 0 Å². The minimum absolute atomic E-state index is 0.132. The number of aliphatic hydroxyl groups excluding tert-OH is 1. The molecule has 3 aromatic rings. The molecule has 0 aliphatic rings. The van der Waals surface area contributed by atoms with Gasteiger partial charge in [-0.25, -0.2) is 4.79 Å². The van der Waals surface area contributed by atoms with Crippen molar-refractivity contribution in [2.75, 3.05) is 7.11 Å². The van der Waals surface area contributed by atoms with Crippen LogP contribution in [0.1, 0.15) is 15.9 Å². The van der Waals surface area contributed by atoms with Gasteiger partial charge in [0.15, 0.2) is 11.5 Å². The van der Waals surface area contributed by atoms with E-state index in [-0.39, 0.29) is 12.4 Å². The molecule has 0 unspecified atom stereocenters. The van der Waals surface area contributed by atoms with Crippen LogP contribution in [0.25, 0.3) is 10.8 Å². The third-order valence-electron chi connectivity index (χ3n) is 3.68. The highest BCUT2D eigenvalue weighted by atomic mass is 79.9. The Kier molecular flexibility index (Phi) is 4.83. The second-order valence-corrected chi connectivity index (χ2v) is 6.04. The molecule has 4 nitrogen and oxygen atoms in total. The molecular formula is C19H15BrO4. The van der Waals surface area contributed by atoms with Crippen LogP contribution in [0, 0.1) is 0 Å². The number of aliphatic hydroxyl groups is 1. The number of halogens is 1. The molecular weight excluding hydrogens is 372 g/mol. The highest BCUT2D eigenvalue weighted by molar-refractivity contribution is 9.10. The molecule has 3 rings (SSSR count). The molecule has 0 spiro atoms. The first-order valence-corrected chi connectivity index (χ1v) is 8.10. The summed E-state index contributed by atoms with van der Waals surface area (Å²) in [5.41, 5.74) is 1.14. The smallest absolute Gasteiger partial charge is 0.344 e. The van der Waals surface area contributed by atoms with Crippen LogP contribution in [0.2, 0.25) is 0 Å². The molecule has 0 fully saturated rings. The molecule has 5 heteroatoms. The number of carbonyl (C=O) groups excluding carboxylic acids is 1. The highest BCUT2D eigenvalue weighted by Crippen LogP contribution is 2.37. The average molecular weight is 387 g/mol. The third kappa shape index (κ3) is 3.13. The Morgan fingerprint density at radius 1 is 1.12 bits per heavy atom. The van der Waals surface area contributed by atoms with Crippen LogP contribution < -0.4 is 9.47 Å². The number of carbonyl (C=O) groups is 1. The number of methoxy groups -OCH3 is 1. The summed E-state index contributed by atoms with van der Waals surface area (Å²) in [5.74, 6) is 0.192. The first-order chi connectivity index (χ1) is 11.6. The lowest BCUT2D eigenvalue weighted by molar-refractivity contribution is 0.0730. The van der Waals surface area contributed by atoms with Crippen molar-refractivity contribution in [1.82, 2.24) is 0 Å². The lowest BCUT2D eigenvalue weighted by Gasteiger charge is -2.13. The quantitative estimate of drug-likeness (QED) is 0.535. The van der Waals surface area contributed by atoms with Gasteiger partial charge in [0.2, 0.25) is 0 Å². The van der Waals surface area contributed by atoms with Gasteiger partial charge in [-0.15, -0.1) is 0 Å². The van der Waals surface area contributed by atoms with Crippen LogP contribution in [-0.2, 0) is 6.61 Å². The maximum absolute atomic E-state index is 12.7. The van der Waals surface area contributed by atoms with E-state index in [1.807, 2.05) is 36.4 Å². The van der Waals surface area contributed by atoms with Crippen molar-refractivity contribution in [3.8, 4) is 11.5 Å². The van der Waals surface area contributed by atoms with Crippen LogP contribution >= 0.6 is 15.9 Å². The van der Waals surface area contributed by atoms with Crippen molar-refractivity contribution in [2.45, 2.75) is 6.61 Å². The van der Waals surface area contributed by atoms with Crippen molar-refractivity contribution < 1.29 is 19.4 Å². The van der Waals surface area contributed by atoms with E-state index in [9.17, 15) is 9.90 Å². The Hall–Kier alpha value is -2.37. The standard InChI is InChI=1S/C19H15BrO4/c1-23-17-10-12(11-21)9-16(20)18(17)24-19(22)15-8-4-6-13-5-2-3-7-14(13)15/h2-10,21H,11H2,1H3. The first-order valence-electron chi connectivity index (χ1n) is 7.31. The normalized spacial score (nSPS) is 10.6. The van der Waals surface area contributed by atoms with E-state index in [0.717, 1.165) is 10.8 Å². The van der Waals surface area contributed by atoms with Gasteiger partial charge in [-0.2, -0.15) is 0 Å². The number of fused-ring (bicyclic) bond motifs is 1. The summed E-state index contributed by atoms with van der Waals surface area (Å²) < 4.78 is 11.4. The fourth-order valence-corrected chi connectivity index (χ4v) is 3.09. The lowest BCUT2D eigenvalue weighted by atomic mass is 10.0. The Labute approximate surface area is 147 Å². The molecule has 122 valence electrons. The molecule has 1 N–H and O–H groups in total. The minimum Gasteiger partial charge on any atom is -0.493 e. The Bertz CT molecular complexity index is 900. The second-order valence-electron chi connectivity index (χ2n) is 5.18. The number of rotatable bonds is 4. The van der Waals surface area contributed by atoms with Gasteiger partial charge in [-0.05, 0) is 50.5 Å². The maximum Gasteiger partial charge on any atom is 0.344 e. The molecule has 0 atom stereocenters. The molecule has 0 heterocycles. The van der Waals surface area contributed by atoms with Gasteiger partial charge in [-0.1, -0.05) is 36.4 Å². The van der Waals surface area contributed by atoms with Crippen molar-refractivity contribution in [3.05, 3.63) is 70.2 Å². The Morgan fingerprint density at radius 3 is 2.62 bits per heavy atom. The molecule has 24 heavy (non-hydrogen) atoms. The molecule has 0 amide bonds. The molecule has 3 aromatic carbocycles. The maximum atomic E-state index is 12.7. The highest BCUT2D eigenvalue weighted by Gasteiger charge is 2.18. The van der Waals surface area contributed by atoms with Crippen molar-refractivity contribution in [1.29, 1.82) is 0 Å². The summed E-state index contributed by atoms with van der Waals surface area (Å²) in [5, 5.41) is 11.1. The Morgan fingerprint density at radius 2 is 1.88 bits per heavy atom. The van der Waals surface area contributed by atoms with Gasteiger partial charge in [-0.3, -0.25) is 0 Å². The zero-order valence-corrected chi connectivity index (χ0v) is 14.5. The van der Waals surface area contributed by atoms with E-state index >= 15 is 0 Å². The summed E-state index contributed by atoms with van der Waals surface area (Å²) in [7, 11) is 1.48. The van der Waals surface area contributed by atoms with E-state index in [1.165, 1.54) is 7.11 Å². The fraction of sp³-hybridized carbons (Fsp3) is 0.105. The third-order valence-corrected chi connectivity index (χ3v) is 4.27. The largest absolute Gasteiger partial charge is 0.493 e. The van der Waals surface area contributed by atoms with Crippen molar-refractivity contribution >= 4 is 32.7 Å². The summed E-state index contributed by atoms with van der Waals surface area (Å²) in [6.07, 6.45) is 0. The van der Waals surface area contributed by atoms with E-state index in [2.05, 4.69) is 15.9 Å². The molecule has 0 bridgehead atoms. The zero-order valence-electron chi connectivity index (χ0n) is 13.0. The zero-order chi connectivity index (χ0) is 17.1. The van der Waals surface area contributed by atoms with Crippen molar-refractivity contribution in [3.63, 3.8) is 0 Å². The topological polar surface area (TPSA) is 55.8 Å². The number of hydrogen-bond acceptors (Lipinski definition) is 4. The summed E-state index contributed by atoms with van der Waals surface area (Å²) >= 11 is 3.36. The van der Waals surface area contributed by atoms with E-state index in [1.54, 1.807) is 18.2 Å². The molecule has 0 aromatic heterocycles. The van der Waals surface area contributed by atoms with Crippen LogP contribution in [0.4, 0.5) is 0 Å². The molecule has 0 radical (unpaired) electrons. The molecule has 0 saturated heterocycles. The summed E-state index contributed by atoms with van der Waals surface area (Å²) in [6.45, 7) is -0.132. The average Bonchev–Trinajstić information content (AvgIpc) is 2.62. The first kappa shape index (κ1) is 16.5. The van der Waals surface area contributed by atoms with Crippen molar-refractivity contribution in [2.24, 2.45) is 0 Å². The summed E-state index contributed by atoms with van der Waals surface area (Å²) in [4.78, 5) is 12.7. The van der Waals surface area contributed by atoms with Gasteiger partial charge >= 0.3 is 5.97 Å². The van der Waals surface area contributed by atoms with Crippen LogP contribution in [0.15, 0.2) is 59.1 Å². The van der Waals surface area contributed by atoms with Crippen LogP contribution in [0.5, 0.6) is 11.5 Å². The SMILES string of the molecule is COc1cc(CO)cc(Br)c1OC(=O)c1cccc2ccccc12. The van der Waals surface area contributed by atoms with Crippen LogP contribution in [-0.4, -0.2) is 18.2 Å². The predicted octanol–water partition coefficient (Wildman–Crippen LogP) is 4.32. The number of ether oxygens (including phenoxy) is 2.